The summed E-state index contributed by atoms with van der Waals surface area (Å²) in [4.78, 5) is 0.337. The van der Waals surface area contributed by atoms with Crippen LogP contribution in [-0.4, -0.2) is 26.9 Å². The Labute approximate surface area is 115 Å². The van der Waals surface area contributed by atoms with E-state index < -0.39 is 15.1 Å². The molecule has 3 rings (SSSR count). The lowest BCUT2D eigenvalue weighted by Gasteiger charge is -2.26. The van der Waals surface area contributed by atoms with E-state index in [1.54, 1.807) is 6.07 Å². The molecule has 0 unspecified atom stereocenters. The van der Waals surface area contributed by atoms with Crippen molar-refractivity contribution in [3.8, 4) is 0 Å². The van der Waals surface area contributed by atoms with Gasteiger partial charge in [0, 0.05) is 10.0 Å². The van der Waals surface area contributed by atoms with Gasteiger partial charge in [0.2, 0.25) is 0 Å². The van der Waals surface area contributed by atoms with E-state index in [2.05, 4.69) is 15.9 Å². The molecule has 0 bridgehead atoms. The predicted octanol–water partition coefficient (Wildman–Crippen LogP) is 1.57. The van der Waals surface area contributed by atoms with Crippen LogP contribution in [0, 0.1) is 0 Å². The highest BCUT2D eigenvalue weighted by atomic mass is 79.9. The van der Waals surface area contributed by atoms with Crippen molar-refractivity contribution >= 4 is 25.8 Å². The summed E-state index contributed by atoms with van der Waals surface area (Å²) >= 11 is 3.35. The van der Waals surface area contributed by atoms with Gasteiger partial charge in [-0.05, 0) is 46.5 Å². The standard InChI is InChI=1S/C12H14BrNO3S/c13-10-5-8(12(14)3-4-12)1-2-11(10)18(15,16)9-6-17-7-9/h1-2,5,9H,3-4,6-7,14H2. The number of sulfone groups is 1. The van der Waals surface area contributed by atoms with E-state index >= 15 is 0 Å². The minimum absolute atomic E-state index is 0.246. The Bertz CT molecular complexity index is 591. The van der Waals surface area contributed by atoms with E-state index in [1.165, 1.54) is 0 Å². The molecular formula is C12H14BrNO3S. The number of hydrogen-bond acceptors (Lipinski definition) is 4. The Morgan fingerprint density at radius 2 is 2.00 bits per heavy atom. The molecule has 2 fully saturated rings. The minimum Gasteiger partial charge on any atom is -0.379 e. The van der Waals surface area contributed by atoms with Crippen LogP contribution in [0.2, 0.25) is 0 Å². The van der Waals surface area contributed by atoms with Crippen LogP contribution in [0.4, 0.5) is 0 Å². The molecule has 0 radical (unpaired) electrons. The summed E-state index contributed by atoms with van der Waals surface area (Å²) in [5.41, 5.74) is 6.86. The second-order valence-corrected chi connectivity index (χ2v) is 8.06. The van der Waals surface area contributed by atoms with Gasteiger partial charge in [-0.1, -0.05) is 6.07 Å². The van der Waals surface area contributed by atoms with E-state index in [-0.39, 0.29) is 18.8 Å². The van der Waals surface area contributed by atoms with Gasteiger partial charge in [-0.3, -0.25) is 0 Å². The molecule has 1 saturated heterocycles. The summed E-state index contributed by atoms with van der Waals surface area (Å²) in [7, 11) is -3.29. The maximum atomic E-state index is 12.3. The molecule has 4 nitrogen and oxygen atoms in total. The molecule has 1 aromatic carbocycles. The number of nitrogens with two attached hydrogens (primary N) is 1. The molecule has 1 aliphatic carbocycles. The Morgan fingerprint density at radius 1 is 1.33 bits per heavy atom. The van der Waals surface area contributed by atoms with Crippen LogP contribution >= 0.6 is 15.9 Å². The Morgan fingerprint density at radius 3 is 2.44 bits per heavy atom. The fourth-order valence-electron chi connectivity index (χ4n) is 2.04. The fraction of sp³-hybridized carbons (Fsp3) is 0.500. The highest BCUT2D eigenvalue weighted by molar-refractivity contribution is 9.10. The molecule has 0 atom stereocenters. The van der Waals surface area contributed by atoms with Crippen LogP contribution < -0.4 is 5.73 Å². The third-order valence-electron chi connectivity index (χ3n) is 3.65. The average Bonchev–Trinajstić information content (AvgIpc) is 2.93. The largest absolute Gasteiger partial charge is 0.379 e. The van der Waals surface area contributed by atoms with E-state index in [0.29, 0.717) is 9.37 Å². The predicted molar refractivity (Wildman–Crippen MR) is 71.0 cm³/mol. The van der Waals surface area contributed by atoms with Gasteiger partial charge in [0.25, 0.3) is 0 Å². The number of benzene rings is 1. The van der Waals surface area contributed by atoms with Crippen LogP contribution in [0.1, 0.15) is 18.4 Å². The van der Waals surface area contributed by atoms with Crippen molar-refractivity contribution in [2.75, 3.05) is 13.2 Å². The van der Waals surface area contributed by atoms with Gasteiger partial charge in [0.1, 0.15) is 5.25 Å². The summed E-state index contributed by atoms with van der Waals surface area (Å²) < 4.78 is 30.1. The Balaban J connectivity index is 1.98. The molecule has 0 amide bonds. The maximum Gasteiger partial charge on any atom is 0.186 e. The number of rotatable bonds is 3. The minimum atomic E-state index is -3.29. The zero-order valence-corrected chi connectivity index (χ0v) is 12.1. The summed E-state index contributed by atoms with van der Waals surface area (Å²) in [6.07, 6.45) is 1.92. The second-order valence-electron chi connectivity index (χ2n) is 5.01. The molecule has 0 spiro atoms. The van der Waals surface area contributed by atoms with Crippen molar-refractivity contribution in [1.29, 1.82) is 0 Å². The summed E-state index contributed by atoms with van der Waals surface area (Å²) in [5.74, 6) is 0. The molecule has 1 aliphatic heterocycles. The third-order valence-corrected chi connectivity index (χ3v) is 6.69. The van der Waals surface area contributed by atoms with E-state index in [9.17, 15) is 8.42 Å². The summed E-state index contributed by atoms with van der Waals surface area (Å²) in [5, 5.41) is -0.410. The van der Waals surface area contributed by atoms with Crippen LogP contribution in [0.5, 0.6) is 0 Å². The Kier molecular flexibility index (Phi) is 2.82. The molecule has 1 heterocycles. The number of hydrogen-bond donors (Lipinski definition) is 1. The van der Waals surface area contributed by atoms with E-state index in [1.807, 2.05) is 12.1 Å². The maximum absolute atomic E-state index is 12.3. The highest BCUT2D eigenvalue weighted by Crippen LogP contribution is 2.44. The molecule has 2 N–H and O–H groups in total. The first kappa shape index (κ1) is 12.6. The second kappa shape index (κ2) is 4.03. The van der Waals surface area contributed by atoms with Crippen molar-refractivity contribution in [1.82, 2.24) is 0 Å². The molecule has 18 heavy (non-hydrogen) atoms. The van der Waals surface area contributed by atoms with Gasteiger partial charge < -0.3 is 10.5 Å². The normalized spacial score (nSPS) is 22.6. The number of halogens is 1. The summed E-state index contributed by atoms with van der Waals surface area (Å²) in [6, 6.07) is 5.31. The van der Waals surface area contributed by atoms with Crippen LogP contribution in [0.25, 0.3) is 0 Å². The van der Waals surface area contributed by atoms with Gasteiger partial charge in [-0.2, -0.15) is 0 Å². The molecule has 1 saturated carbocycles. The monoisotopic (exact) mass is 331 g/mol. The highest BCUT2D eigenvalue weighted by Gasteiger charge is 2.41. The first-order chi connectivity index (χ1) is 8.43. The molecule has 2 aliphatic rings. The first-order valence-corrected chi connectivity index (χ1v) is 8.18. The van der Waals surface area contributed by atoms with Crippen LogP contribution in [0.15, 0.2) is 27.6 Å². The van der Waals surface area contributed by atoms with Gasteiger partial charge in [-0.25, -0.2) is 8.42 Å². The lowest BCUT2D eigenvalue weighted by atomic mass is 10.1. The molecule has 0 aromatic heterocycles. The fourth-order valence-corrected chi connectivity index (χ4v) is 4.59. The van der Waals surface area contributed by atoms with Crippen molar-refractivity contribution < 1.29 is 13.2 Å². The van der Waals surface area contributed by atoms with E-state index in [4.69, 9.17) is 10.5 Å². The zero-order valence-electron chi connectivity index (χ0n) is 9.73. The lowest BCUT2D eigenvalue weighted by Crippen LogP contribution is -2.40. The quantitative estimate of drug-likeness (QED) is 0.912. The number of ether oxygens (including phenoxy) is 1. The van der Waals surface area contributed by atoms with Crippen LogP contribution in [0.3, 0.4) is 0 Å². The summed E-state index contributed by atoms with van der Waals surface area (Å²) in [6.45, 7) is 0.578. The van der Waals surface area contributed by atoms with Gasteiger partial charge >= 0.3 is 0 Å². The first-order valence-electron chi connectivity index (χ1n) is 5.84. The topological polar surface area (TPSA) is 69.4 Å². The van der Waals surface area contributed by atoms with Gasteiger partial charge in [0.05, 0.1) is 18.1 Å². The SMILES string of the molecule is NC1(c2ccc(S(=O)(=O)C3COC3)c(Br)c2)CC1. The van der Waals surface area contributed by atoms with Crippen LogP contribution in [-0.2, 0) is 20.1 Å². The third kappa shape index (κ3) is 1.91. The van der Waals surface area contributed by atoms with Crippen molar-refractivity contribution in [3.63, 3.8) is 0 Å². The van der Waals surface area contributed by atoms with E-state index in [0.717, 1.165) is 18.4 Å². The zero-order chi connectivity index (χ0) is 13.0. The molecular weight excluding hydrogens is 318 g/mol. The molecule has 6 heteroatoms. The molecule has 1 aromatic rings. The smallest absolute Gasteiger partial charge is 0.186 e. The average molecular weight is 332 g/mol. The van der Waals surface area contributed by atoms with Crippen molar-refractivity contribution in [2.24, 2.45) is 5.73 Å². The lowest BCUT2D eigenvalue weighted by molar-refractivity contribution is 0.0416. The van der Waals surface area contributed by atoms with Gasteiger partial charge in [-0.15, -0.1) is 0 Å². The van der Waals surface area contributed by atoms with Crippen molar-refractivity contribution in [2.45, 2.75) is 28.5 Å². The van der Waals surface area contributed by atoms with Crippen molar-refractivity contribution in [3.05, 3.63) is 28.2 Å². The Hall–Kier alpha value is -0.430. The molecule has 98 valence electrons. The van der Waals surface area contributed by atoms with Gasteiger partial charge in [0.15, 0.2) is 9.84 Å².